The maximum Gasteiger partial charge on any atom is 0.283 e. The van der Waals surface area contributed by atoms with E-state index in [1.165, 1.54) is 10.9 Å². The third kappa shape index (κ3) is 2.36. The normalized spacial score (nSPS) is 9.36. The minimum absolute atomic E-state index is 0.249. The molecule has 4 heteroatoms. The van der Waals surface area contributed by atoms with Crippen LogP contribution >= 0.6 is 11.6 Å². The second-order valence-electron chi connectivity index (χ2n) is 2.85. The highest BCUT2D eigenvalue weighted by Gasteiger charge is 2.04. The molecule has 1 rings (SSSR count). The molecule has 0 saturated carbocycles. The highest BCUT2D eigenvalue weighted by Crippen LogP contribution is 2.07. The average Bonchev–Trinajstić information content (AvgIpc) is 2.18. The van der Waals surface area contributed by atoms with Crippen LogP contribution in [0, 0.1) is 11.8 Å². The summed E-state index contributed by atoms with van der Waals surface area (Å²) < 4.78 is 1.22. The molecule has 1 aromatic rings. The molecule has 74 valence electrons. The topological polar surface area (TPSA) is 34.9 Å². The van der Waals surface area contributed by atoms with Gasteiger partial charge in [-0.3, -0.25) is 4.79 Å². The summed E-state index contributed by atoms with van der Waals surface area (Å²) in [5, 5.41) is 4.09. The first-order chi connectivity index (χ1) is 6.66. The molecule has 0 atom stereocenters. The van der Waals surface area contributed by atoms with E-state index in [4.69, 9.17) is 11.6 Å². The number of rotatable bonds is 1. The molecule has 14 heavy (non-hydrogen) atoms. The zero-order valence-corrected chi connectivity index (χ0v) is 8.93. The SMILES string of the molecule is CCCC#Cc1c(Cl)cnn(C)c1=O. The smallest absolute Gasteiger partial charge is 0.266 e. The van der Waals surface area contributed by atoms with Crippen LogP contribution in [0.1, 0.15) is 25.3 Å². The van der Waals surface area contributed by atoms with Gasteiger partial charge in [0.2, 0.25) is 0 Å². The molecule has 0 N–H and O–H groups in total. The second kappa shape index (κ2) is 4.83. The molecule has 0 aromatic carbocycles. The van der Waals surface area contributed by atoms with Gasteiger partial charge in [-0.25, -0.2) is 4.68 Å². The summed E-state index contributed by atoms with van der Waals surface area (Å²) in [6.07, 6.45) is 3.16. The first kappa shape index (κ1) is 10.8. The predicted molar refractivity (Wildman–Crippen MR) is 56.3 cm³/mol. The zero-order valence-electron chi connectivity index (χ0n) is 8.17. The fraction of sp³-hybridized carbons (Fsp3) is 0.400. The van der Waals surface area contributed by atoms with E-state index < -0.39 is 0 Å². The Morgan fingerprint density at radius 3 is 3.00 bits per heavy atom. The lowest BCUT2D eigenvalue weighted by Gasteiger charge is -1.97. The van der Waals surface area contributed by atoms with Crippen LogP contribution in [0.25, 0.3) is 0 Å². The lowest BCUT2D eigenvalue weighted by Crippen LogP contribution is -2.22. The molecule has 0 saturated heterocycles. The van der Waals surface area contributed by atoms with E-state index in [0.717, 1.165) is 12.8 Å². The number of halogens is 1. The lowest BCUT2D eigenvalue weighted by atomic mass is 10.2. The fourth-order valence-electron chi connectivity index (χ4n) is 0.907. The summed E-state index contributed by atoms with van der Waals surface area (Å²) in [6, 6.07) is 0. The number of nitrogens with zero attached hydrogens (tertiary/aromatic N) is 2. The molecule has 3 nitrogen and oxygen atoms in total. The number of hydrogen-bond acceptors (Lipinski definition) is 2. The van der Waals surface area contributed by atoms with Crippen LogP contribution in [0.5, 0.6) is 0 Å². The molecule has 0 amide bonds. The molecule has 0 aliphatic carbocycles. The molecule has 0 radical (unpaired) electrons. The van der Waals surface area contributed by atoms with E-state index in [2.05, 4.69) is 16.9 Å². The molecule has 0 bridgehead atoms. The van der Waals surface area contributed by atoms with Gasteiger partial charge >= 0.3 is 0 Å². The van der Waals surface area contributed by atoms with E-state index in [1.54, 1.807) is 7.05 Å². The van der Waals surface area contributed by atoms with Crippen molar-refractivity contribution in [3.05, 3.63) is 27.1 Å². The van der Waals surface area contributed by atoms with Crippen molar-refractivity contribution < 1.29 is 0 Å². The summed E-state index contributed by atoms with van der Waals surface area (Å²) >= 11 is 5.80. The maximum atomic E-state index is 11.5. The number of aromatic nitrogens is 2. The van der Waals surface area contributed by atoms with Crippen LogP contribution in [0.3, 0.4) is 0 Å². The van der Waals surface area contributed by atoms with Gasteiger partial charge in [-0.05, 0) is 6.42 Å². The minimum Gasteiger partial charge on any atom is -0.266 e. The van der Waals surface area contributed by atoms with Gasteiger partial charge < -0.3 is 0 Å². The van der Waals surface area contributed by atoms with Gasteiger partial charge in [-0.1, -0.05) is 30.4 Å². The molecular weight excluding hydrogens is 200 g/mol. The Morgan fingerprint density at radius 2 is 2.36 bits per heavy atom. The minimum atomic E-state index is -0.249. The van der Waals surface area contributed by atoms with Gasteiger partial charge in [0.25, 0.3) is 5.56 Å². The Kier molecular flexibility index (Phi) is 3.73. The van der Waals surface area contributed by atoms with Crippen molar-refractivity contribution in [3.63, 3.8) is 0 Å². The molecule has 1 heterocycles. The summed E-state index contributed by atoms with van der Waals surface area (Å²) in [5.41, 5.74) is 0.0821. The standard InChI is InChI=1S/C10H11ClN2O/c1-3-4-5-6-8-9(11)7-12-13(2)10(8)14/h7H,3-4H2,1-2H3. The van der Waals surface area contributed by atoms with Gasteiger partial charge in [0.15, 0.2) is 0 Å². The van der Waals surface area contributed by atoms with Crippen molar-refractivity contribution in [2.45, 2.75) is 19.8 Å². The van der Waals surface area contributed by atoms with Crippen LogP contribution in [0.2, 0.25) is 5.02 Å². The Labute approximate surface area is 87.7 Å². The first-order valence-corrected chi connectivity index (χ1v) is 4.75. The predicted octanol–water partition coefficient (Wildman–Crippen LogP) is 1.59. The van der Waals surface area contributed by atoms with Crippen molar-refractivity contribution in [2.75, 3.05) is 0 Å². The summed E-state index contributed by atoms with van der Waals surface area (Å²) in [5.74, 6) is 5.65. The third-order valence-corrected chi connectivity index (χ3v) is 1.97. The fourth-order valence-corrected chi connectivity index (χ4v) is 1.08. The van der Waals surface area contributed by atoms with Crippen LogP contribution < -0.4 is 5.56 Å². The Bertz CT molecular complexity index is 440. The number of unbranched alkanes of at least 4 members (excludes halogenated alkanes) is 1. The van der Waals surface area contributed by atoms with Crippen molar-refractivity contribution in [3.8, 4) is 11.8 Å². The van der Waals surface area contributed by atoms with Gasteiger partial charge in [-0.15, -0.1) is 0 Å². The van der Waals surface area contributed by atoms with E-state index in [9.17, 15) is 4.79 Å². The van der Waals surface area contributed by atoms with Crippen molar-refractivity contribution >= 4 is 11.6 Å². The third-order valence-electron chi connectivity index (χ3n) is 1.68. The summed E-state index contributed by atoms with van der Waals surface area (Å²) in [7, 11) is 1.57. The quantitative estimate of drug-likeness (QED) is 0.660. The Hall–Kier alpha value is -1.27. The molecule has 0 fully saturated rings. The largest absolute Gasteiger partial charge is 0.283 e. The van der Waals surface area contributed by atoms with Gasteiger partial charge in [0.05, 0.1) is 11.2 Å². The molecule has 0 unspecified atom stereocenters. The van der Waals surface area contributed by atoms with Crippen LogP contribution in [-0.4, -0.2) is 9.78 Å². The number of aryl methyl sites for hydroxylation is 1. The van der Waals surface area contributed by atoms with Gasteiger partial charge in [0.1, 0.15) is 5.56 Å². The van der Waals surface area contributed by atoms with E-state index >= 15 is 0 Å². The monoisotopic (exact) mass is 210 g/mol. The highest BCUT2D eigenvalue weighted by molar-refractivity contribution is 6.31. The molecule has 1 aromatic heterocycles. The van der Waals surface area contributed by atoms with Crippen molar-refractivity contribution in [1.29, 1.82) is 0 Å². The Morgan fingerprint density at radius 1 is 1.64 bits per heavy atom. The highest BCUT2D eigenvalue weighted by atomic mass is 35.5. The van der Waals surface area contributed by atoms with Crippen molar-refractivity contribution in [1.82, 2.24) is 9.78 Å². The Balaban J connectivity index is 3.16. The lowest BCUT2D eigenvalue weighted by molar-refractivity contribution is 0.705. The van der Waals surface area contributed by atoms with Crippen LogP contribution in [-0.2, 0) is 7.05 Å². The molecule has 0 spiro atoms. The summed E-state index contributed by atoms with van der Waals surface area (Å²) in [6.45, 7) is 2.03. The van der Waals surface area contributed by atoms with E-state index in [0.29, 0.717) is 10.6 Å². The van der Waals surface area contributed by atoms with Gasteiger partial charge in [0, 0.05) is 13.5 Å². The molecule has 0 aliphatic rings. The maximum absolute atomic E-state index is 11.5. The zero-order chi connectivity index (χ0) is 10.6. The first-order valence-electron chi connectivity index (χ1n) is 4.37. The molecule has 0 aliphatic heterocycles. The summed E-state index contributed by atoms with van der Waals surface area (Å²) in [4.78, 5) is 11.5. The van der Waals surface area contributed by atoms with Gasteiger partial charge in [-0.2, -0.15) is 5.10 Å². The van der Waals surface area contributed by atoms with Crippen molar-refractivity contribution in [2.24, 2.45) is 7.05 Å². The van der Waals surface area contributed by atoms with E-state index in [-0.39, 0.29) is 5.56 Å². The second-order valence-corrected chi connectivity index (χ2v) is 3.26. The number of hydrogen-bond donors (Lipinski definition) is 0. The van der Waals surface area contributed by atoms with Crippen LogP contribution in [0.15, 0.2) is 11.0 Å². The van der Waals surface area contributed by atoms with Crippen LogP contribution in [0.4, 0.5) is 0 Å². The molecular formula is C10H11ClN2O. The van der Waals surface area contributed by atoms with E-state index in [1.807, 2.05) is 6.92 Å². The average molecular weight is 211 g/mol.